The predicted octanol–water partition coefficient (Wildman–Crippen LogP) is 2.29. The van der Waals surface area contributed by atoms with Gasteiger partial charge in [-0.25, -0.2) is 10.5 Å². The number of hydrogen-bond donors (Lipinski definition) is 4. The SMILES string of the molecule is O=C(CCc1ccc(CNCc2nc3ccccc3[nH]2)cc1)NO. The molecule has 0 saturated carbocycles. The number of fused-ring (bicyclic) bond motifs is 1. The van der Waals surface area contributed by atoms with Crippen LogP contribution in [0.4, 0.5) is 0 Å². The fourth-order valence-corrected chi connectivity index (χ4v) is 2.55. The number of imidazole rings is 1. The molecule has 0 aliphatic heterocycles. The van der Waals surface area contributed by atoms with Crippen LogP contribution < -0.4 is 10.8 Å². The zero-order valence-electron chi connectivity index (χ0n) is 13.2. The molecule has 0 fully saturated rings. The second kappa shape index (κ2) is 7.72. The molecule has 1 aromatic heterocycles. The lowest BCUT2D eigenvalue weighted by Gasteiger charge is -2.05. The Kier molecular flexibility index (Phi) is 5.20. The van der Waals surface area contributed by atoms with Gasteiger partial charge >= 0.3 is 0 Å². The van der Waals surface area contributed by atoms with Crippen LogP contribution in [0.5, 0.6) is 0 Å². The fraction of sp³-hybridized carbons (Fsp3) is 0.222. The Morgan fingerprint density at radius 3 is 2.54 bits per heavy atom. The Morgan fingerprint density at radius 2 is 1.79 bits per heavy atom. The third-order valence-corrected chi connectivity index (χ3v) is 3.85. The zero-order chi connectivity index (χ0) is 16.8. The highest BCUT2D eigenvalue weighted by atomic mass is 16.5. The van der Waals surface area contributed by atoms with Crippen LogP contribution in [0, 0.1) is 0 Å². The van der Waals surface area contributed by atoms with E-state index in [1.54, 1.807) is 5.48 Å². The van der Waals surface area contributed by atoms with E-state index < -0.39 is 0 Å². The lowest BCUT2D eigenvalue weighted by Crippen LogP contribution is -2.18. The number of hydroxylamine groups is 1. The van der Waals surface area contributed by atoms with Gasteiger partial charge in [0.15, 0.2) is 0 Å². The molecular formula is C18H20N4O2. The lowest BCUT2D eigenvalue weighted by molar-refractivity contribution is -0.129. The van der Waals surface area contributed by atoms with Crippen LogP contribution in [0.15, 0.2) is 48.5 Å². The van der Waals surface area contributed by atoms with Gasteiger partial charge in [-0.15, -0.1) is 0 Å². The Morgan fingerprint density at radius 1 is 1.04 bits per heavy atom. The molecule has 6 heteroatoms. The number of para-hydroxylation sites is 2. The van der Waals surface area contributed by atoms with E-state index in [2.05, 4.69) is 15.3 Å². The number of aromatic amines is 1. The van der Waals surface area contributed by atoms with E-state index in [0.717, 1.165) is 29.0 Å². The number of amides is 1. The number of carbonyl (C=O) groups excluding carboxylic acids is 1. The first-order valence-corrected chi connectivity index (χ1v) is 7.89. The summed E-state index contributed by atoms with van der Waals surface area (Å²) in [6.45, 7) is 1.42. The van der Waals surface area contributed by atoms with Crippen molar-refractivity contribution in [2.75, 3.05) is 0 Å². The fourth-order valence-electron chi connectivity index (χ4n) is 2.55. The molecule has 3 aromatic rings. The summed E-state index contributed by atoms with van der Waals surface area (Å²) in [5.74, 6) is 0.550. The second-order valence-corrected chi connectivity index (χ2v) is 5.66. The van der Waals surface area contributed by atoms with Crippen LogP contribution in [-0.2, 0) is 24.3 Å². The molecule has 4 N–H and O–H groups in total. The van der Waals surface area contributed by atoms with Gasteiger partial charge < -0.3 is 10.3 Å². The van der Waals surface area contributed by atoms with E-state index in [-0.39, 0.29) is 12.3 Å². The molecule has 0 saturated heterocycles. The largest absolute Gasteiger partial charge is 0.341 e. The number of aromatic nitrogens is 2. The maximum Gasteiger partial charge on any atom is 0.243 e. The summed E-state index contributed by atoms with van der Waals surface area (Å²) in [6, 6.07) is 16.1. The summed E-state index contributed by atoms with van der Waals surface area (Å²) in [7, 11) is 0. The molecule has 1 heterocycles. The Labute approximate surface area is 139 Å². The van der Waals surface area contributed by atoms with Crippen molar-refractivity contribution in [2.24, 2.45) is 0 Å². The molecule has 124 valence electrons. The number of nitrogens with zero attached hydrogens (tertiary/aromatic N) is 1. The minimum absolute atomic E-state index is 0.278. The van der Waals surface area contributed by atoms with E-state index in [0.29, 0.717) is 13.0 Å². The standard InChI is InChI=1S/C18H20N4O2/c23-18(22-24)10-9-13-5-7-14(8-6-13)11-19-12-17-20-15-3-1-2-4-16(15)21-17/h1-8,19,24H,9-12H2,(H,20,21)(H,22,23). The molecule has 0 atom stereocenters. The van der Waals surface area contributed by atoms with Crippen LogP contribution in [0.3, 0.4) is 0 Å². The molecule has 1 amide bonds. The van der Waals surface area contributed by atoms with Gasteiger partial charge in [-0.1, -0.05) is 36.4 Å². The van der Waals surface area contributed by atoms with Crippen molar-refractivity contribution in [1.29, 1.82) is 0 Å². The summed E-state index contributed by atoms with van der Waals surface area (Å²) in [4.78, 5) is 18.8. The number of carbonyl (C=O) groups is 1. The summed E-state index contributed by atoms with van der Waals surface area (Å²) in [5.41, 5.74) is 5.90. The molecule has 2 aromatic carbocycles. The molecule has 6 nitrogen and oxygen atoms in total. The van der Waals surface area contributed by atoms with Crippen molar-refractivity contribution < 1.29 is 10.0 Å². The summed E-state index contributed by atoms with van der Waals surface area (Å²) in [5, 5.41) is 11.8. The van der Waals surface area contributed by atoms with Crippen LogP contribution >= 0.6 is 0 Å². The van der Waals surface area contributed by atoms with Gasteiger partial charge in [-0.3, -0.25) is 10.0 Å². The molecule has 24 heavy (non-hydrogen) atoms. The molecule has 0 spiro atoms. The Bertz CT molecular complexity index is 778. The molecule has 0 bridgehead atoms. The first-order valence-electron chi connectivity index (χ1n) is 7.89. The molecule has 0 aliphatic carbocycles. The average molecular weight is 324 g/mol. The number of benzene rings is 2. The third-order valence-electron chi connectivity index (χ3n) is 3.85. The Hall–Kier alpha value is -2.70. The van der Waals surface area contributed by atoms with Gasteiger partial charge in [0, 0.05) is 13.0 Å². The van der Waals surface area contributed by atoms with E-state index in [1.165, 1.54) is 5.56 Å². The van der Waals surface area contributed by atoms with Crippen molar-refractivity contribution in [1.82, 2.24) is 20.8 Å². The van der Waals surface area contributed by atoms with E-state index in [4.69, 9.17) is 5.21 Å². The van der Waals surface area contributed by atoms with Gasteiger partial charge in [-0.2, -0.15) is 0 Å². The number of nitrogens with one attached hydrogen (secondary N) is 3. The highest BCUT2D eigenvalue weighted by Crippen LogP contribution is 2.10. The number of hydrogen-bond acceptors (Lipinski definition) is 4. The monoisotopic (exact) mass is 324 g/mol. The minimum Gasteiger partial charge on any atom is -0.341 e. The molecule has 0 unspecified atom stereocenters. The second-order valence-electron chi connectivity index (χ2n) is 5.66. The van der Waals surface area contributed by atoms with Crippen LogP contribution in [-0.4, -0.2) is 21.1 Å². The minimum atomic E-state index is -0.369. The van der Waals surface area contributed by atoms with Crippen molar-refractivity contribution in [3.8, 4) is 0 Å². The summed E-state index contributed by atoms with van der Waals surface area (Å²) < 4.78 is 0. The smallest absolute Gasteiger partial charge is 0.243 e. The molecular weight excluding hydrogens is 304 g/mol. The molecule has 3 rings (SSSR count). The normalized spacial score (nSPS) is 10.9. The number of rotatable bonds is 7. The quantitative estimate of drug-likeness (QED) is 0.396. The van der Waals surface area contributed by atoms with Crippen LogP contribution in [0.25, 0.3) is 11.0 Å². The average Bonchev–Trinajstić information content (AvgIpc) is 3.03. The highest BCUT2D eigenvalue weighted by Gasteiger charge is 2.03. The summed E-state index contributed by atoms with van der Waals surface area (Å²) in [6.07, 6.45) is 0.888. The highest BCUT2D eigenvalue weighted by molar-refractivity contribution is 5.75. The van der Waals surface area contributed by atoms with E-state index in [9.17, 15) is 4.79 Å². The lowest BCUT2D eigenvalue weighted by atomic mass is 10.1. The van der Waals surface area contributed by atoms with Crippen molar-refractivity contribution >= 4 is 16.9 Å². The van der Waals surface area contributed by atoms with Crippen molar-refractivity contribution in [3.63, 3.8) is 0 Å². The predicted molar refractivity (Wildman–Crippen MR) is 91.3 cm³/mol. The van der Waals surface area contributed by atoms with Crippen molar-refractivity contribution in [2.45, 2.75) is 25.9 Å². The van der Waals surface area contributed by atoms with E-state index >= 15 is 0 Å². The van der Waals surface area contributed by atoms with Crippen molar-refractivity contribution in [3.05, 3.63) is 65.5 Å². The maximum atomic E-state index is 11.0. The van der Waals surface area contributed by atoms with Gasteiger partial charge in [0.2, 0.25) is 5.91 Å². The Balaban J connectivity index is 1.48. The maximum absolute atomic E-state index is 11.0. The third kappa shape index (κ3) is 4.18. The van der Waals surface area contributed by atoms with Crippen LogP contribution in [0.2, 0.25) is 0 Å². The topological polar surface area (TPSA) is 90.0 Å². The number of H-pyrrole nitrogens is 1. The zero-order valence-corrected chi connectivity index (χ0v) is 13.2. The first kappa shape index (κ1) is 16.2. The van der Waals surface area contributed by atoms with E-state index in [1.807, 2.05) is 48.5 Å². The summed E-state index contributed by atoms with van der Waals surface area (Å²) >= 11 is 0. The van der Waals surface area contributed by atoms with Crippen LogP contribution in [0.1, 0.15) is 23.4 Å². The van der Waals surface area contributed by atoms with Gasteiger partial charge in [0.05, 0.1) is 17.6 Å². The number of aryl methyl sites for hydroxylation is 1. The van der Waals surface area contributed by atoms with Gasteiger partial charge in [-0.05, 0) is 29.7 Å². The molecule has 0 radical (unpaired) electrons. The van der Waals surface area contributed by atoms with Gasteiger partial charge in [0.25, 0.3) is 0 Å². The van der Waals surface area contributed by atoms with Gasteiger partial charge in [0.1, 0.15) is 5.82 Å². The first-order chi connectivity index (χ1) is 11.7. The molecule has 0 aliphatic rings.